The molecular weight excluding hydrogens is 336 g/mol. The molecule has 1 saturated heterocycles. The van der Waals surface area contributed by atoms with Gasteiger partial charge in [0, 0.05) is 32.3 Å². The Morgan fingerprint density at radius 3 is 2.60 bits per heavy atom. The second kappa shape index (κ2) is 8.52. The number of carbonyl (C=O) groups is 1. The van der Waals surface area contributed by atoms with Gasteiger partial charge in [0.15, 0.2) is 0 Å². The van der Waals surface area contributed by atoms with E-state index in [2.05, 4.69) is 28.4 Å². The highest BCUT2D eigenvalue weighted by Gasteiger charge is 2.26. The largest absolute Gasteiger partial charge is 0.368 e. The quantitative estimate of drug-likeness (QED) is 0.893. The Hall–Kier alpha value is -1.10. The first-order valence-corrected chi connectivity index (χ1v) is 9.53. The van der Waals surface area contributed by atoms with Gasteiger partial charge in [-0.3, -0.25) is 9.69 Å². The summed E-state index contributed by atoms with van der Waals surface area (Å²) in [5, 5.41) is 3.03. The Morgan fingerprint density at radius 1 is 1.12 bits per heavy atom. The van der Waals surface area contributed by atoms with Gasteiger partial charge in [0.25, 0.3) is 0 Å². The molecule has 1 atom stereocenters. The van der Waals surface area contributed by atoms with E-state index in [1.807, 2.05) is 0 Å². The fourth-order valence-corrected chi connectivity index (χ4v) is 4.11. The Bertz CT molecular complexity index is 597. The maximum Gasteiger partial charge on any atom is 0.249 e. The van der Waals surface area contributed by atoms with Crippen molar-refractivity contribution in [2.75, 3.05) is 19.7 Å². The van der Waals surface area contributed by atoms with Gasteiger partial charge in [-0.05, 0) is 55.2 Å². The lowest BCUT2D eigenvalue weighted by Crippen LogP contribution is -2.41. The molecule has 5 heteroatoms. The monoisotopic (exact) mass is 364 g/mol. The Kier molecular flexibility index (Phi) is 6.37. The van der Waals surface area contributed by atoms with E-state index >= 15 is 0 Å². The van der Waals surface area contributed by atoms with Crippen molar-refractivity contribution in [3.63, 3.8) is 0 Å². The smallest absolute Gasteiger partial charge is 0.249 e. The van der Waals surface area contributed by atoms with E-state index in [9.17, 15) is 4.79 Å². The van der Waals surface area contributed by atoms with Crippen molar-refractivity contribution in [1.29, 1.82) is 0 Å². The lowest BCUT2D eigenvalue weighted by Gasteiger charge is -2.36. The van der Waals surface area contributed by atoms with Crippen LogP contribution in [-0.2, 0) is 28.9 Å². The fourth-order valence-electron chi connectivity index (χ4n) is 4.11. The van der Waals surface area contributed by atoms with Gasteiger partial charge in [0.2, 0.25) is 5.91 Å². The molecule has 4 rings (SSSR count). The predicted octanol–water partition coefficient (Wildman–Crippen LogP) is 2.86. The molecule has 2 heterocycles. The molecule has 2 aliphatic heterocycles. The van der Waals surface area contributed by atoms with Gasteiger partial charge in [-0.2, -0.15) is 0 Å². The number of hydrogen-bond acceptors (Lipinski definition) is 3. The second-order valence-corrected chi connectivity index (χ2v) is 7.44. The minimum absolute atomic E-state index is 0. The molecule has 1 aliphatic carbocycles. The number of carbonyl (C=O) groups excluding carboxylic acids is 1. The van der Waals surface area contributed by atoms with Crippen molar-refractivity contribution in [1.82, 2.24) is 10.2 Å². The van der Waals surface area contributed by atoms with Crippen LogP contribution < -0.4 is 5.32 Å². The van der Waals surface area contributed by atoms with Gasteiger partial charge < -0.3 is 10.1 Å². The standard InChI is InChI=1S/C20H28N2O2.ClH/c23-20(19-5-2-12-24-19)21-14-15-6-7-16-8-10-22(18-3-1-4-18)11-9-17(16)13-15;/h6-7,13,18-19H,1-5,8-12,14H2,(H,21,23);1H/t19-;/m0./s1. The summed E-state index contributed by atoms with van der Waals surface area (Å²) in [6, 6.07) is 7.58. The third-order valence-corrected chi connectivity index (χ3v) is 5.89. The molecule has 1 aromatic rings. The molecule has 3 aliphatic rings. The molecule has 1 aromatic carbocycles. The van der Waals surface area contributed by atoms with E-state index in [0.29, 0.717) is 13.2 Å². The van der Waals surface area contributed by atoms with E-state index in [1.54, 1.807) is 0 Å². The van der Waals surface area contributed by atoms with Gasteiger partial charge in [-0.1, -0.05) is 24.6 Å². The summed E-state index contributed by atoms with van der Waals surface area (Å²) in [5.41, 5.74) is 4.17. The summed E-state index contributed by atoms with van der Waals surface area (Å²) >= 11 is 0. The number of ether oxygens (including phenoxy) is 1. The number of halogens is 1. The Balaban J connectivity index is 0.00000182. The molecule has 0 spiro atoms. The number of nitrogens with one attached hydrogen (secondary N) is 1. The van der Waals surface area contributed by atoms with Gasteiger partial charge >= 0.3 is 0 Å². The lowest BCUT2D eigenvalue weighted by atomic mass is 9.91. The summed E-state index contributed by atoms with van der Waals surface area (Å²) in [6.45, 7) is 3.71. The van der Waals surface area contributed by atoms with E-state index in [1.165, 1.54) is 49.0 Å². The molecule has 1 saturated carbocycles. The zero-order chi connectivity index (χ0) is 16.4. The van der Waals surface area contributed by atoms with Crippen LogP contribution in [0.15, 0.2) is 18.2 Å². The molecule has 1 N–H and O–H groups in total. The first kappa shape index (κ1) is 18.7. The maximum absolute atomic E-state index is 12.1. The first-order chi connectivity index (χ1) is 11.8. The zero-order valence-corrected chi connectivity index (χ0v) is 15.7. The average molecular weight is 365 g/mol. The highest BCUT2D eigenvalue weighted by Crippen LogP contribution is 2.27. The summed E-state index contributed by atoms with van der Waals surface area (Å²) in [5.74, 6) is 0.0404. The van der Waals surface area contributed by atoms with E-state index < -0.39 is 0 Å². The highest BCUT2D eigenvalue weighted by atomic mass is 35.5. The van der Waals surface area contributed by atoms with Crippen LogP contribution >= 0.6 is 12.4 Å². The summed E-state index contributed by atoms with van der Waals surface area (Å²) in [7, 11) is 0. The summed E-state index contributed by atoms with van der Waals surface area (Å²) < 4.78 is 5.44. The van der Waals surface area contributed by atoms with Crippen LogP contribution in [0.25, 0.3) is 0 Å². The predicted molar refractivity (Wildman–Crippen MR) is 101 cm³/mol. The number of hydrogen-bond donors (Lipinski definition) is 1. The third-order valence-electron chi connectivity index (χ3n) is 5.89. The van der Waals surface area contributed by atoms with Crippen molar-refractivity contribution in [3.8, 4) is 0 Å². The molecule has 2 fully saturated rings. The van der Waals surface area contributed by atoms with Crippen LogP contribution in [0, 0.1) is 0 Å². The molecule has 1 amide bonds. The maximum atomic E-state index is 12.1. The fraction of sp³-hybridized carbons (Fsp3) is 0.650. The van der Waals surface area contributed by atoms with Gasteiger partial charge in [-0.15, -0.1) is 12.4 Å². The number of rotatable bonds is 4. The van der Waals surface area contributed by atoms with Gasteiger partial charge in [0.05, 0.1) is 0 Å². The molecular formula is C20H29ClN2O2. The summed E-state index contributed by atoms with van der Waals surface area (Å²) in [6.07, 6.45) is 8.09. The normalized spacial score (nSPS) is 23.9. The topological polar surface area (TPSA) is 41.6 Å². The van der Waals surface area contributed by atoms with Crippen LogP contribution in [0.5, 0.6) is 0 Å². The van der Waals surface area contributed by atoms with Crippen molar-refractivity contribution in [2.45, 2.75) is 63.6 Å². The number of benzene rings is 1. The molecule has 138 valence electrons. The van der Waals surface area contributed by atoms with E-state index in [4.69, 9.17) is 4.74 Å². The summed E-state index contributed by atoms with van der Waals surface area (Å²) in [4.78, 5) is 14.8. The van der Waals surface area contributed by atoms with Crippen molar-refractivity contribution in [3.05, 3.63) is 34.9 Å². The van der Waals surface area contributed by atoms with Crippen LogP contribution in [0.3, 0.4) is 0 Å². The van der Waals surface area contributed by atoms with E-state index in [-0.39, 0.29) is 24.4 Å². The first-order valence-electron chi connectivity index (χ1n) is 9.53. The number of nitrogens with zero attached hydrogens (tertiary/aromatic N) is 1. The molecule has 0 radical (unpaired) electrons. The minimum atomic E-state index is -0.234. The molecule has 0 bridgehead atoms. The van der Waals surface area contributed by atoms with Crippen molar-refractivity contribution >= 4 is 18.3 Å². The molecule has 0 unspecified atom stereocenters. The minimum Gasteiger partial charge on any atom is -0.368 e. The number of amides is 1. The van der Waals surface area contributed by atoms with Gasteiger partial charge in [0.1, 0.15) is 6.10 Å². The Labute approximate surface area is 156 Å². The molecule has 25 heavy (non-hydrogen) atoms. The zero-order valence-electron chi connectivity index (χ0n) is 14.8. The Morgan fingerprint density at radius 2 is 1.92 bits per heavy atom. The van der Waals surface area contributed by atoms with Crippen molar-refractivity contribution in [2.24, 2.45) is 0 Å². The van der Waals surface area contributed by atoms with Crippen LogP contribution in [-0.4, -0.2) is 42.6 Å². The third kappa shape index (κ3) is 4.36. The molecule has 0 aromatic heterocycles. The van der Waals surface area contributed by atoms with Crippen LogP contribution in [0.2, 0.25) is 0 Å². The SMILES string of the molecule is Cl.O=C(NCc1ccc2c(c1)CCN(C1CCC1)CC2)[C@@H]1CCCO1. The second-order valence-electron chi connectivity index (χ2n) is 7.44. The van der Waals surface area contributed by atoms with Crippen LogP contribution in [0.4, 0.5) is 0 Å². The average Bonchev–Trinajstić information content (AvgIpc) is 3.01. The van der Waals surface area contributed by atoms with Gasteiger partial charge in [-0.25, -0.2) is 0 Å². The highest BCUT2D eigenvalue weighted by molar-refractivity contribution is 5.85. The molecule has 4 nitrogen and oxygen atoms in total. The van der Waals surface area contributed by atoms with E-state index in [0.717, 1.165) is 31.7 Å². The lowest BCUT2D eigenvalue weighted by molar-refractivity contribution is -0.130. The van der Waals surface area contributed by atoms with Crippen molar-refractivity contribution < 1.29 is 9.53 Å². The van der Waals surface area contributed by atoms with Crippen LogP contribution in [0.1, 0.15) is 48.8 Å². The number of fused-ring (bicyclic) bond motifs is 1.